The molecule has 0 bridgehead atoms. The van der Waals surface area contributed by atoms with Gasteiger partial charge in [-0.05, 0) is 18.2 Å². The zero-order valence-corrected chi connectivity index (χ0v) is 13.8. The highest BCUT2D eigenvalue weighted by molar-refractivity contribution is 7.89. The Morgan fingerprint density at radius 1 is 1.25 bits per heavy atom. The number of halogens is 1. The molecule has 0 spiro atoms. The molecule has 0 aliphatic heterocycles. The van der Waals surface area contributed by atoms with Crippen molar-refractivity contribution in [1.29, 1.82) is 0 Å². The van der Waals surface area contributed by atoms with E-state index in [0.29, 0.717) is 11.6 Å². The van der Waals surface area contributed by atoms with E-state index in [2.05, 4.69) is 20.0 Å². The Kier molecular flexibility index (Phi) is 5.42. The molecule has 1 aromatic heterocycles. The largest absolute Gasteiger partial charge is 0.347 e. The van der Waals surface area contributed by atoms with Crippen molar-refractivity contribution >= 4 is 27.6 Å². The van der Waals surface area contributed by atoms with Crippen molar-refractivity contribution in [3.8, 4) is 0 Å². The summed E-state index contributed by atoms with van der Waals surface area (Å²) in [6.07, 6.45) is 2.81. The average Bonchev–Trinajstić information content (AvgIpc) is 2.53. The third kappa shape index (κ3) is 4.70. The van der Waals surface area contributed by atoms with Gasteiger partial charge < -0.3 is 10.2 Å². The van der Waals surface area contributed by atoms with Gasteiger partial charge in [0.2, 0.25) is 21.9 Å². The number of carbonyl (C=O) groups is 1. The van der Waals surface area contributed by atoms with Crippen LogP contribution >= 0.6 is 0 Å². The van der Waals surface area contributed by atoms with Crippen LogP contribution in [-0.2, 0) is 14.8 Å². The maximum atomic E-state index is 13.1. The van der Waals surface area contributed by atoms with Crippen molar-refractivity contribution in [3.05, 3.63) is 42.5 Å². The number of nitrogens with one attached hydrogen (secondary N) is 2. The Balaban J connectivity index is 1.95. The van der Waals surface area contributed by atoms with Crippen LogP contribution in [0.4, 0.5) is 16.0 Å². The fourth-order valence-corrected chi connectivity index (χ4v) is 2.71. The molecular weight excluding hydrogens is 337 g/mol. The Morgan fingerprint density at radius 3 is 2.50 bits per heavy atom. The number of hydrogen-bond donors (Lipinski definition) is 2. The average molecular weight is 353 g/mol. The highest BCUT2D eigenvalue weighted by Crippen LogP contribution is 2.10. The van der Waals surface area contributed by atoms with Crippen molar-refractivity contribution in [3.63, 3.8) is 0 Å². The van der Waals surface area contributed by atoms with E-state index in [4.69, 9.17) is 0 Å². The summed E-state index contributed by atoms with van der Waals surface area (Å²) in [4.78, 5) is 21.3. The van der Waals surface area contributed by atoms with E-state index >= 15 is 0 Å². The second-order valence-corrected chi connectivity index (χ2v) is 6.76. The first-order valence-electron chi connectivity index (χ1n) is 6.82. The molecule has 0 aliphatic carbocycles. The molecule has 8 nitrogen and oxygen atoms in total. The van der Waals surface area contributed by atoms with Crippen molar-refractivity contribution in [1.82, 2.24) is 14.7 Å². The van der Waals surface area contributed by atoms with Crippen molar-refractivity contribution in [2.75, 3.05) is 30.9 Å². The summed E-state index contributed by atoms with van der Waals surface area (Å²) < 4.78 is 39.1. The highest BCUT2D eigenvalue weighted by atomic mass is 32.2. The lowest BCUT2D eigenvalue weighted by Crippen LogP contribution is -2.33. The first-order valence-corrected chi connectivity index (χ1v) is 8.31. The molecule has 0 radical (unpaired) electrons. The summed E-state index contributed by atoms with van der Waals surface area (Å²) in [5, 5.41) is 2.46. The highest BCUT2D eigenvalue weighted by Gasteiger charge is 2.16. The molecule has 0 aliphatic rings. The molecule has 2 aromatic rings. The van der Waals surface area contributed by atoms with Crippen LogP contribution < -0.4 is 14.9 Å². The van der Waals surface area contributed by atoms with Gasteiger partial charge in [0.1, 0.15) is 5.82 Å². The second-order valence-electron chi connectivity index (χ2n) is 5.00. The van der Waals surface area contributed by atoms with Crippen molar-refractivity contribution in [2.45, 2.75) is 4.90 Å². The fourth-order valence-electron chi connectivity index (χ4n) is 1.70. The maximum Gasteiger partial charge on any atom is 0.241 e. The summed E-state index contributed by atoms with van der Waals surface area (Å²) in [6.45, 7) is -0.506. The van der Waals surface area contributed by atoms with Gasteiger partial charge in [-0.25, -0.2) is 27.5 Å². The normalized spacial score (nSPS) is 11.1. The lowest BCUT2D eigenvalue weighted by atomic mass is 10.4. The Bertz CT molecular complexity index is 825. The first-order chi connectivity index (χ1) is 11.3. The van der Waals surface area contributed by atoms with Crippen molar-refractivity contribution < 1.29 is 17.6 Å². The molecule has 1 amide bonds. The van der Waals surface area contributed by atoms with Gasteiger partial charge in [0.15, 0.2) is 0 Å². The Hall–Kier alpha value is -2.59. The third-order valence-electron chi connectivity index (χ3n) is 2.85. The topological polar surface area (TPSA) is 104 Å². The molecule has 0 saturated heterocycles. The van der Waals surface area contributed by atoms with E-state index in [9.17, 15) is 17.6 Å². The third-order valence-corrected chi connectivity index (χ3v) is 4.25. The quantitative estimate of drug-likeness (QED) is 0.788. The van der Waals surface area contributed by atoms with Crippen LogP contribution in [0.25, 0.3) is 0 Å². The van der Waals surface area contributed by atoms with Gasteiger partial charge in [0.25, 0.3) is 0 Å². The van der Waals surface area contributed by atoms with Gasteiger partial charge in [-0.3, -0.25) is 4.79 Å². The first kappa shape index (κ1) is 17.8. The van der Waals surface area contributed by atoms with Gasteiger partial charge in [0.05, 0.1) is 29.5 Å². The van der Waals surface area contributed by atoms with Gasteiger partial charge in [0, 0.05) is 14.1 Å². The maximum absolute atomic E-state index is 13.1. The monoisotopic (exact) mass is 353 g/mol. The lowest BCUT2D eigenvalue weighted by Gasteiger charge is -2.10. The predicted molar refractivity (Wildman–Crippen MR) is 86.6 cm³/mol. The number of anilines is 2. The Morgan fingerprint density at radius 2 is 1.92 bits per heavy atom. The zero-order chi connectivity index (χ0) is 17.7. The molecule has 10 heteroatoms. The Labute approximate surface area is 138 Å². The van der Waals surface area contributed by atoms with Crippen LogP contribution in [0, 0.1) is 5.82 Å². The van der Waals surface area contributed by atoms with E-state index in [1.807, 2.05) is 0 Å². The van der Waals surface area contributed by atoms with Crippen molar-refractivity contribution in [2.24, 2.45) is 0 Å². The molecular formula is C14H16FN5O3S. The minimum Gasteiger partial charge on any atom is -0.347 e. The van der Waals surface area contributed by atoms with E-state index in [1.165, 1.54) is 24.5 Å². The van der Waals surface area contributed by atoms with Crippen LogP contribution in [0.3, 0.4) is 0 Å². The molecule has 2 N–H and O–H groups in total. The number of nitrogens with zero attached hydrogens (tertiary/aromatic N) is 3. The molecule has 0 atom stereocenters. The summed E-state index contributed by atoms with van der Waals surface area (Å²) in [7, 11) is -0.432. The van der Waals surface area contributed by atoms with Crippen LogP contribution in [0.5, 0.6) is 0 Å². The minimum atomic E-state index is -3.98. The van der Waals surface area contributed by atoms with E-state index in [-0.39, 0.29) is 4.90 Å². The molecule has 0 unspecified atom stereocenters. The summed E-state index contributed by atoms with van der Waals surface area (Å²) in [5.74, 6) is -0.809. The number of rotatable bonds is 6. The number of hydrogen-bond acceptors (Lipinski definition) is 6. The van der Waals surface area contributed by atoms with E-state index < -0.39 is 28.3 Å². The number of amides is 1. The van der Waals surface area contributed by atoms with Gasteiger partial charge in [-0.2, -0.15) is 0 Å². The zero-order valence-electron chi connectivity index (χ0n) is 13.0. The van der Waals surface area contributed by atoms with Crippen LogP contribution in [0.2, 0.25) is 0 Å². The molecule has 24 heavy (non-hydrogen) atoms. The SMILES string of the molecule is CN(C)c1ncc(NC(=O)CNS(=O)(=O)c2cccc(F)c2)cn1. The van der Waals surface area contributed by atoms with E-state index in [1.54, 1.807) is 19.0 Å². The standard InChI is InChI=1S/C14H16FN5O3S/c1-20(2)14-16-7-11(8-17-14)19-13(21)9-18-24(22,23)12-5-3-4-10(15)6-12/h3-8,18H,9H2,1-2H3,(H,19,21). The molecule has 1 heterocycles. The van der Waals surface area contributed by atoms with Crippen LogP contribution in [0.1, 0.15) is 0 Å². The van der Waals surface area contributed by atoms with Gasteiger partial charge >= 0.3 is 0 Å². The summed E-state index contributed by atoms with van der Waals surface area (Å²) >= 11 is 0. The van der Waals surface area contributed by atoms with E-state index in [0.717, 1.165) is 12.1 Å². The van der Waals surface area contributed by atoms with Gasteiger partial charge in [-0.1, -0.05) is 6.07 Å². The smallest absolute Gasteiger partial charge is 0.241 e. The number of aromatic nitrogens is 2. The summed E-state index contributed by atoms with van der Waals surface area (Å²) in [6, 6.07) is 4.50. The summed E-state index contributed by atoms with van der Waals surface area (Å²) in [5.41, 5.74) is 0.329. The number of sulfonamides is 1. The molecule has 0 saturated carbocycles. The second kappa shape index (κ2) is 7.32. The molecule has 0 fully saturated rings. The predicted octanol–water partition coefficient (Wildman–Crippen LogP) is 0.599. The lowest BCUT2D eigenvalue weighted by molar-refractivity contribution is -0.115. The minimum absolute atomic E-state index is 0.256. The fraction of sp³-hybridized carbons (Fsp3) is 0.214. The van der Waals surface area contributed by atoms with Gasteiger partial charge in [-0.15, -0.1) is 0 Å². The number of carbonyl (C=O) groups excluding carboxylic acids is 1. The molecule has 1 aromatic carbocycles. The molecule has 2 rings (SSSR count). The molecule has 128 valence electrons. The number of benzene rings is 1. The van der Waals surface area contributed by atoms with Crippen LogP contribution in [-0.4, -0.2) is 44.9 Å². The van der Waals surface area contributed by atoms with Crippen LogP contribution in [0.15, 0.2) is 41.6 Å².